The highest BCUT2D eigenvalue weighted by atomic mass is 35.5. The molecule has 0 aliphatic carbocycles. The van der Waals surface area contributed by atoms with E-state index in [1.807, 2.05) is 35.9 Å². The van der Waals surface area contributed by atoms with Crippen molar-refractivity contribution < 1.29 is 14.3 Å². The van der Waals surface area contributed by atoms with E-state index in [9.17, 15) is 9.59 Å². The third-order valence-electron chi connectivity index (χ3n) is 6.35. The van der Waals surface area contributed by atoms with E-state index in [1.54, 1.807) is 24.1 Å². The summed E-state index contributed by atoms with van der Waals surface area (Å²) in [5.41, 5.74) is 2.80. The highest BCUT2D eigenvalue weighted by Crippen LogP contribution is 2.31. The van der Waals surface area contributed by atoms with Crippen molar-refractivity contribution in [1.29, 1.82) is 0 Å². The Morgan fingerprint density at radius 3 is 2.68 bits per heavy atom. The second-order valence-electron chi connectivity index (χ2n) is 8.91. The van der Waals surface area contributed by atoms with Crippen LogP contribution in [0.2, 0.25) is 5.02 Å². The normalized spacial score (nSPS) is 14.4. The van der Waals surface area contributed by atoms with Gasteiger partial charge >= 0.3 is 0 Å². The summed E-state index contributed by atoms with van der Waals surface area (Å²) >= 11 is 7.61. The molecule has 2 aromatic heterocycles. The SMILES string of the molecule is COCCn1c(Nc2nc3ccc(Cl)cc3s2)nc2cc(C(=O)NCC(=O)N3CCN(C)CC3)ccc21. The third-order valence-corrected chi connectivity index (χ3v) is 7.52. The predicted octanol–water partition coefficient (Wildman–Crippen LogP) is 3.19. The minimum absolute atomic E-state index is 0.0305. The van der Waals surface area contributed by atoms with Crippen LogP contribution in [0.3, 0.4) is 0 Å². The van der Waals surface area contributed by atoms with Gasteiger partial charge in [-0.05, 0) is 43.4 Å². The topological polar surface area (TPSA) is 105 Å². The Hall–Kier alpha value is -3.25. The van der Waals surface area contributed by atoms with Gasteiger partial charge in [-0.2, -0.15) is 0 Å². The molecule has 2 aromatic carbocycles. The number of fused-ring (bicyclic) bond motifs is 2. The first kappa shape index (κ1) is 25.4. The summed E-state index contributed by atoms with van der Waals surface area (Å²) in [6.07, 6.45) is 0. The largest absolute Gasteiger partial charge is 0.383 e. The van der Waals surface area contributed by atoms with Crippen molar-refractivity contribution in [2.75, 3.05) is 58.8 Å². The molecule has 10 nitrogen and oxygen atoms in total. The van der Waals surface area contributed by atoms with Crippen molar-refractivity contribution in [2.45, 2.75) is 6.54 Å². The van der Waals surface area contributed by atoms with Crippen LogP contribution in [0.4, 0.5) is 11.1 Å². The van der Waals surface area contributed by atoms with E-state index in [0.29, 0.717) is 53.4 Å². The lowest BCUT2D eigenvalue weighted by molar-refractivity contribution is -0.131. The van der Waals surface area contributed by atoms with E-state index >= 15 is 0 Å². The number of halogens is 1. The number of aromatic nitrogens is 3. The first-order valence-corrected chi connectivity index (χ1v) is 13.2. The maximum Gasteiger partial charge on any atom is 0.251 e. The average Bonchev–Trinajstić information content (AvgIpc) is 3.45. The number of benzene rings is 2. The molecule has 194 valence electrons. The third kappa shape index (κ3) is 5.69. The molecule has 12 heteroatoms. The number of anilines is 2. The number of likely N-dealkylation sites (N-methyl/N-ethyl adjacent to an activating group) is 1. The van der Waals surface area contributed by atoms with Crippen LogP contribution in [0.15, 0.2) is 36.4 Å². The number of hydrogen-bond donors (Lipinski definition) is 2. The Kier molecular flexibility index (Phi) is 7.56. The lowest BCUT2D eigenvalue weighted by atomic mass is 10.2. The molecule has 1 saturated heterocycles. The van der Waals surface area contributed by atoms with Gasteiger partial charge in [0.2, 0.25) is 11.9 Å². The minimum atomic E-state index is -0.312. The molecule has 0 bridgehead atoms. The molecule has 1 aliphatic heterocycles. The standard InChI is InChI=1S/C25H28ClN7O3S/c1-31-7-9-32(10-8-31)22(34)15-27-23(35)16-3-6-20-19(13-16)28-24(33(20)11-12-36-2)30-25-29-18-5-4-17(26)14-21(18)37-25/h3-6,13-14H,7-12,15H2,1-2H3,(H,27,35)(H,28,29,30). The fourth-order valence-electron chi connectivity index (χ4n) is 4.25. The molecule has 2 amide bonds. The van der Waals surface area contributed by atoms with Crippen LogP contribution in [-0.2, 0) is 16.1 Å². The maximum atomic E-state index is 12.8. The minimum Gasteiger partial charge on any atom is -0.383 e. The van der Waals surface area contributed by atoms with Gasteiger partial charge in [-0.1, -0.05) is 22.9 Å². The number of nitrogens with one attached hydrogen (secondary N) is 2. The number of hydrogen-bond acceptors (Lipinski definition) is 8. The van der Waals surface area contributed by atoms with Gasteiger partial charge in [0, 0.05) is 50.4 Å². The molecule has 3 heterocycles. The molecular weight excluding hydrogens is 514 g/mol. The van der Waals surface area contributed by atoms with Crippen LogP contribution in [-0.4, -0.2) is 89.6 Å². The molecule has 5 rings (SSSR count). The van der Waals surface area contributed by atoms with Gasteiger partial charge in [0.05, 0.1) is 34.4 Å². The van der Waals surface area contributed by atoms with Gasteiger partial charge in [0.25, 0.3) is 5.91 Å². The Morgan fingerprint density at radius 2 is 1.89 bits per heavy atom. The first-order chi connectivity index (χ1) is 17.9. The summed E-state index contributed by atoms with van der Waals surface area (Å²) in [6.45, 7) is 4.05. The molecule has 0 radical (unpaired) electrons. The number of piperazine rings is 1. The molecule has 0 atom stereocenters. The van der Waals surface area contributed by atoms with E-state index < -0.39 is 0 Å². The van der Waals surface area contributed by atoms with E-state index in [4.69, 9.17) is 21.3 Å². The van der Waals surface area contributed by atoms with Crippen LogP contribution >= 0.6 is 22.9 Å². The summed E-state index contributed by atoms with van der Waals surface area (Å²) in [6, 6.07) is 10.9. The van der Waals surface area contributed by atoms with E-state index in [-0.39, 0.29) is 18.4 Å². The van der Waals surface area contributed by atoms with Crippen molar-refractivity contribution >= 4 is 67.1 Å². The fourth-order valence-corrected chi connectivity index (χ4v) is 5.38. The second kappa shape index (κ2) is 11.0. The van der Waals surface area contributed by atoms with Crippen molar-refractivity contribution in [3.05, 3.63) is 47.0 Å². The summed E-state index contributed by atoms with van der Waals surface area (Å²) in [7, 11) is 3.68. The van der Waals surface area contributed by atoms with Crippen LogP contribution in [0.5, 0.6) is 0 Å². The zero-order valence-corrected chi connectivity index (χ0v) is 22.2. The number of thiazole rings is 1. The number of rotatable bonds is 8. The van der Waals surface area contributed by atoms with Crippen LogP contribution in [0.1, 0.15) is 10.4 Å². The molecule has 4 aromatic rings. The van der Waals surface area contributed by atoms with Gasteiger partial charge in [0.15, 0.2) is 5.13 Å². The lowest BCUT2D eigenvalue weighted by Gasteiger charge is -2.32. The summed E-state index contributed by atoms with van der Waals surface area (Å²) < 4.78 is 8.26. The molecule has 0 unspecified atom stereocenters. The molecule has 37 heavy (non-hydrogen) atoms. The number of methoxy groups -OCH3 is 1. The van der Waals surface area contributed by atoms with Crippen LogP contribution < -0.4 is 10.6 Å². The predicted molar refractivity (Wildman–Crippen MR) is 146 cm³/mol. The first-order valence-electron chi connectivity index (χ1n) is 12.0. The number of imidazole rings is 1. The number of carbonyl (C=O) groups excluding carboxylic acids is 2. The zero-order valence-electron chi connectivity index (χ0n) is 20.7. The number of carbonyl (C=O) groups is 2. The van der Waals surface area contributed by atoms with E-state index in [1.165, 1.54) is 11.3 Å². The average molecular weight is 542 g/mol. The number of amides is 2. The van der Waals surface area contributed by atoms with E-state index in [2.05, 4.69) is 20.5 Å². The molecular formula is C25H28ClN7O3S. The van der Waals surface area contributed by atoms with Crippen molar-refractivity contribution in [2.24, 2.45) is 0 Å². The highest BCUT2D eigenvalue weighted by molar-refractivity contribution is 7.22. The highest BCUT2D eigenvalue weighted by Gasteiger charge is 2.20. The quantitative estimate of drug-likeness (QED) is 0.353. The number of nitrogens with zero attached hydrogens (tertiary/aromatic N) is 5. The summed E-state index contributed by atoms with van der Waals surface area (Å²) in [5, 5.41) is 7.41. The van der Waals surface area contributed by atoms with E-state index in [0.717, 1.165) is 28.8 Å². The summed E-state index contributed by atoms with van der Waals surface area (Å²) in [4.78, 5) is 38.7. The van der Waals surface area contributed by atoms with Crippen LogP contribution in [0.25, 0.3) is 21.3 Å². The lowest BCUT2D eigenvalue weighted by Crippen LogP contribution is -2.50. The second-order valence-corrected chi connectivity index (χ2v) is 10.4. The molecule has 2 N–H and O–H groups in total. The number of ether oxygens (including phenoxy) is 1. The Balaban J connectivity index is 1.34. The van der Waals surface area contributed by atoms with Gasteiger partial charge in [-0.3, -0.25) is 9.59 Å². The van der Waals surface area contributed by atoms with Gasteiger partial charge in [-0.25, -0.2) is 9.97 Å². The van der Waals surface area contributed by atoms with Gasteiger partial charge in [0.1, 0.15) is 0 Å². The smallest absolute Gasteiger partial charge is 0.251 e. The maximum absolute atomic E-state index is 12.8. The molecule has 1 fully saturated rings. The van der Waals surface area contributed by atoms with Crippen molar-refractivity contribution in [3.63, 3.8) is 0 Å². The Labute approximate surface area is 223 Å². The molecule has 0 saturated carbocycles. The van der Waals surface area contributed by atoms with Crippen molar-refractivity contribution in [1.82, 2.24) is 29.7 Å². The summed E-state index contributed by atoms with van der Waals surface area (Å²) in [5.74, 6) is 0.211. The molecule has 0 spiro atoms. The van der Waals surface area contributed by atoms with Crippen LogP contribution in [0, 0.1) is 0 Å². The Morgan fingerprint density at radius 1 is 1.08 bits per heavy atom. The fraction of sp³-hybridized carbons (Fsp3) is 0.360. The molecule has 1 aliphatic rings. The Bertz CT molecular complexity index is 1450. The zero-order chi connectivity index (χ0) is 25.9. The van der Waals surface area contributed by atoms with Gasteiger partial charge in [-0.15, -0.1) is 0 Å². The monoisotopic (exact) mass is 541 g/mol. The van der Waals surface area contributed by atoms with Gasteiger partial charge < -0.3 is 29.7 Å². The van der Waals surface area contributed by atoms with Crippen molar-refractivity contribution in [3.8, 4) is 0 Å².